The lowest BCUT2D eigenvalue weighted by atomic mass is 10.3. The van der Waals surface area contributed by atoms with Gasteiger partial charge < -0.3 is 9.73 Å². The summed E-state index contributed by atoms with van der Waals surface area (Å²) < 4.78 is 6.05. The highest BCUT2D eigenvalue weighted by atomic mass is 127. The largest absolute Gasteiger partial charge is 0.451 e. The van der Waals surface area contributed by atoms with Gasteiger partial charge in [-0.25, -0.2) is 0 Å². The molecule has 1 saturated heterocycles. The van der Waals surface area contributed by atoms with E-state index >= 15 is 0 Å². The summed E-state index contributed by atoms with van der Waals surface area (Å²) in [6.45, 7) is 0. The molecule has 0 aliphatic carbocycles. The van der Waals surface area contributed by atoms with E-state index in [1.807, 2.05) is 6.07 Å². The van der Waals surface area contributed by atoms with Crippen molar-refractivity contribution in [3.63, 3.8) is 0 Å². The lowest BCUT2D eigenvalue weighted by molar-refractivity contribution is -0.115. The molecule has 0 radical (unpaired) electrons. The Labute approximate surface area is 98.9 Å². The molecule has 1 aliphatic heterocycles. The Morgan fingerprint density at radius 2 is 2.21 bits per heavy atom. The second-order valence-electron chi connectivity index (χ2n) is 2.61. The van der Waals surface area contributed by atoms with E-state index in [4.69, 9.17) is 16.6 Å². The number of furan rings is 1. The van der Waals surface area contributed by atoms with Gasteiger partial charge in [0.25, 0.3) is 5.91 Å². The summed E-state index contributed by atoms with van der Waals surface area (Å²) in [5.41, 5.74) is 0.403. The topological polar surface area (TPSA) is 54.3 Å². The highest BCUT2D eigenvalue weighted by molar-refractivity contribution is 14.1. The van der Waals surface area contributed by atoms with Crippen LogP contribution in [0.15, 0.2) is 22.2 Å². The average molecular weight is 320 g/mol. The Morgan fingerprint density at radius 3 is 2.71 bits per heavy atom. The molecule has 1 amide bonds. The van der Waals surface area contributed by atoms with E-state index in [9.17, 15) is 4.79 Å². The van der Waals surface area contributed by atoms with Crippen molar-refractivity contribution < 1.29 is 9.21 Å². The van der Waals surface area contributed by atoms with E-state index in [1.54, 1.807) is 12.1 Å². The van der Waals surface area contributed by atoms with Crippen LogP contribution in [0, 0.1) is 3.77 Å². The van der Waals surface area contributed by atoms with E-state index in [1.165, 1.54) is 0 Å². The van der Waals surface area contributed by atoms with Gasteiger partial charge in [0.15, 0.2) is 8.88 Å². The number of carbonyl (C=O) groups is 1. The minimum absolute atomic E-state index is 0.235. The van der Waals surface area contributed by atoms with Crippen LogP contribution in [0.25, 0.3) is 6.08 Å². The second-order valence-corrected chi connectivity index (χ2v) is 4.08. The summed E-state index contributed by atoms with van der Waals surface area (Å²) in [5, 5.41) is 5.52. The zero-order valence-electron chi connectivity index (χ0n) is 6.83. The molecule has 1 aromatic rings. The Morgan fingerprint density at radius 1 is 1.43 bits per heavy atom. The molecule has 0 bridgehead atoms. The Hall–Kier alpha value is -0.890. The minimum Gasteiger partial charge on any atom is -0.451 e. The van der Waals surface area contributed by atoms with Gasteiger partial charge in [0.1, 0.15) is 11.5 Å². The maximum Gasteiger partial charge on any atom is 0.274 e. The molecule has 0 saturated carbocycles. The molecule has 1 aromatic heterocycles. The van der Waals surface area contributed by atoms with Crippen molar-refractivity contribution in [3.8, 4) is 0 Å². The summed E-state index contributed by atoms with van der Waals surface area (Å²) in [6, 6.07) is 3.60. The van der Waals surface area contributed by atoms with Crippen LogP contribution >= 0.6 is 34.8 Å². The van der Waals surface area contributed by atoms with Gasteiger partial charge in [0.05, 0.1) is 0 Å². The molecule has 2 N–H and O–H groups in total. The smallest absolute Gasteiger partial charge is 0.274 e. The average Bonchev–Trinajstić information content (AvgIpc) is 2.61. The molecule has 2 rings (SSSR count). The molecule has 2 heterocycles. The highest BCUT2D eigenvalue weighted by Gasteiger charge is 2.20. The van der Waals surface area contributed by atoms with Crippen LogP contribution in [0.3, 0.4) is 0 Å². The normalized spacial score (nSPS) is 18.5. The summed E-state index contributed by atoms with van der Waals surface area (Å²) in [7, 11) is 0. The summed E-state index contributed by atoms with van der Waals surface area (Å²) in [4.78, 5) is 11.2. The maximum atomic E-state index is 11.2. The zero-order chi connectivity index (χ0) is 10.1. The lowest BCUT2D eigenvalue weighted by Gasteiger charge is -1.91. The highest BCUT2D eigenvalue weighted by Crippen LogP contribution is 2.13. The first kappa shape index (κ1) is 9.66. The van der Waals surface area contributed by atoms with Gasteiger partial charge in [-0.15, -0.1) is 0 Å². The predicted molar refractivity (Wildman–Crippen MR) is 63.3 cm³/mol. The fourth-order valence-corrected chi connectivity index (χ4v) is 1.67. The third-order valence-electron chi connectivity index (χ3n) is 1.60. The van der Waals surface area contributed by atoms with Gasteiger partial charge in [0.2, 0.25) is 0 Å². The predicted octanol–water partition coefficient (Wildman–Crippen LogP) is 1.23. The first-order chi connectivity index (χ1) is 6.65. The number of rotatable bonds is 1. The van der Waals surface area contributed by atoms with Crippen LogP contribution in [-0.4, -0.2) is 11.0 Å². The van der Waals surface area contributed by atoms with Crippen LogP contribution in [0.5, 0.6) is 0 Å². The standard InChI is InChI=1S/C8H5IN2O2S/c9-6-2-1-4(13-6)3-5-7(12)11-8(14)10-5/h1-3H,(H2,10,11,12,14). The van der Waals surface area contributed by atoms with Gasteiger partial charge in [-0.3, -0.25) is 10.1 Å². The van der Waals surface area contributed by atoms with Crippen molar-refractivity contribution in [3.05, 3.63) is 27.4 Å². The fraction of sp³-hybridized carbons (Fsp3) is 0. The molecular formula is C8H5IN2O2S. The number of nitrogens with one attached hydrogen (secondary N) is 2. The molecule has 4 nitrogen and oxygen atoms in total. The van der Waals surface area contributed by atoms with E-state index < -0.39 is 0 Å². The van der Waals surface area contributed by atoms with Crippen molar-refractivity contribution in [1.82, 2.24) is 10.6 Å². The second kappa shape index (κ2) is 3.70. The van der Waals surface area contributed by atoms with Crippen LogP contribution in [0.1, 0.15) is 5.76 Å². The molecule has 14 heavy (non-hydrogen) atoms. The number of hydrogen-bond acceptors (Lipinski definition) is 3. The van der Waals surface area contributed by atoms with Gasteiger partial charge >= 0.3 is 0 Å². The van der Waals surface area contributed by atoms with E-state index in [0.29, 0.717) is 16.6 Å². The van der Waals surface area contributed by atoms with Crippen molar-refractivity contribution >= 4 is 51.9 Å². The first-order valence-corrected chi connectivity index (χ1v) is 5.23. The molecular weight excluding hydrogens is 315 g/mol. The summed E-state index contributed by atoms with van der Waals surface area (Å²) >= 11 is 6.83. The molecule has 0 spiro atoms. The maximum absolute atomic E-state index is 11.2. The number of carbonyl (C=O) groups excluding carboxylic acids is 1. The minimum atomic E-state index is -0.235. The lowest BCUT2D eigenvalue weighted by Crippen LogP contribution is -2.21. The first-order valence-electron chi connectivity index (χ1n) is 3.74. The van der Waals surface area contributed by atoms with Crippen molar-refractivity contribution in [2.24, 2.45) is 0 Å². The number of hydrogen-bond donors (Lipinski definition) is 2. The molecule has 72 valence electrons. The summed E-state index contributed by atoms with van der Waals surface area (Å²) in [6.07, 6.45) is 1.61. The Kier molecular flexibility index (Phi) is 2.55. The van der Waals surface area contributed by atoms with Crippen molar-refractivity contribution in [2.45, 2.75) is 0 Å². The third kappa shape index (κ3) is 1.95. The van der Waals surface area contributed by atoms with Gasteiger partial charge in [-0.2, -0.15) is 0 Å². The third-order valence-corrected chi connectivity index (χ3v) is 2.38. The van der Waals surface area contributed by atoms with Crippen LogP contribution in [-0.2, 0) is 4.79 Å². The molecule has 6 heteroatoms. The van der Waals surface area contributed by atoms with E-state index in [-0.39, 0.29) is 5.91 Å². The monoisotopic (exact) mass is 320 g/mol. The number of amides is 1. The molecule has 0 atom stereocenters. The number of halogens is 1. The zero-order valence-corrected chi connectivity index (χ0v) is 9.81. The fourth-order valence-electron chi connectivity index (χ4n) is 1.03. The van der Waals surface area contributed by atoms with Crippen LogP contribution < -0.4 is 10.6 Å². The van der Waals surface area contributed by atoms with E-state index in [2.05, 4.69) is 33.2 Å². The van der Waals surface area contributed by atoms with Gasteiger partial charge in [-0.05, 0) is 46.9 Å². The van der Waals surface area contributed by atoms with Crippen LogP contribution in [0.4, 0.5) is 0 Å². The molecule has 1 aliphatic rings. The molecule has 0 unspecified atom stereocenters. The molecule has 1 fully saturated rings. The van der Waals surface area contributed by atoms with Crippen LogP contribution in [0.2, 0.25) is 0 Å². The Balaban J connectivity index is 2.27. The quantitative estimate of drug-likeness (QED) is 0.464. The Bertz CT molecular complexity index is 438. The van der Waals surface area contributed by atoms with Gasteiger partial charge in [0, 0.05) is 6.08 Å². The SMILES string of the molecule is O=C1NC(=S)NC1=Cc1ccc(I)o1. The number of thiocarbonyl (C=S) groups is 1. The van der Waals surface area contributed by atoms with Crippen molar-refractivity contribution in [2.75, 3.05) is 0 Å². The molecule has 0 aromatic carbocycles. The van der Waals surface area contributed by atoms with Crippen molar-refractivity contribution in [1.29, 1.82) is 0 Å². The van der Waals surface area contributed by atoms with Gasteiger partial charge in [-0.1, -0.05) is 0 Å². The van der Waals surface area contributed by atoms with E-state index in [0.717, 1.165) is 3.77 Å². The summed E-state index contributed by atoms with van der Waals surface area (Å²) in [5.74, 6) is 0.387.